The molecule has 0 aromatic carbocycles. The third-order valence-electron chi connectivity index (χ3n) is 11.9. The predicted molar refractivity (Wildman–Crippen MR) is 178 cm³/mol. The molecule has 12 nitrogen and oxygen atoms in total. The minimum absolute atomic E-state index is 0.0161. The molecular weight excluding hydrogens is 640 g/mol. The van der Waals surface area contributed by atoms with Crippen LogP contribution in [0.5, 0.6) is 0 Å². The van der Waals surface area contributed by atoms with Gasteiger partial charge in [-0.15, -0.1) is 0 Å². The van der Waals surface area contributed by atoms with Crippen LogP contribution in [0.25, 0.3) is 0 Å². The van der Waals surface area contributed by atoms with Crippen LogP contribution < -0.4 is 10.6 Å². The van der Waals surface area contributed by atoms with Crippen molar-refractivity contribution >= 4 is 47.1 Å². The maximum Gasteiger partial charge on any atom is 0.326 e. The van der Waals surface area contributed by atoms with Crippen molar-refractivity contribution in [1.29, 1.82) is 0 Å². The number of esters is 1. The Morgan fingerprint density at radius 1 is 1.06 bits per heavy atom. The molecule has 0 bridgehead atoms. The fourth-order valence-corrected chi connectivity index (χ4v) is 9.71. The van der Waals surface area contributed by atoms with E-state index in [9.17, 15) is 44.1 Å². The predicted octanol–water partition coefficient (Wildman–Crippen LogP) is 2.58. The summed E-state index contributed by atoms with van der Waals surface area (Å²) in [4.78, 5) is 75.3. The SMILES string of the molecule is CSCC[C@H](NC(=O)[C@H](NC(=O)CCC(=O)OCC(=O)[C@@]1(O)CC[C@H]2[C@H]3CCC4=CC(=O)CC[C@]4(C)[C@@H]3[C@@H](O)C[C@@]21C)C(C)C)C(=O)O. The minimum Gasteiger partial charge on any atom is -0.480 e. The molecule has 3 saturated carbocycles. The molecular formula is C35H52N2O10S. The molecule has 0 spiro atoms. The molecule has 0 aromatic heterocycles. The monoisotopic (exact) mass is 692 g/mol. The summed E-state index contributed by atoms with van der Waals surface area (Å²) in [5, 5.41) is 37.9. The average molecular weight is 693 g/mol. The second-order valence-electron chi connectivity index (χ2n) is 15.0. The number of Topliss-reactive ketones (excluding diaryl/α,β-unsaturated/α-hetero) is 1. The molecule has 4 rings (SSSR count). The van der Waals surface area contributed by atoms with Gasteiger partial charge in [0.2, 0.25) is 17.6 Å². The Hall–Kier alpha value is -2.77. The van der Waals surface area contributed by atoms with Crippen molar-refractivity contribution in [2.75, 3.05) is 18.6 Å². The van der Waals surface area contributed by atoms with E-state index in [4.69, 9.17) is 4.74 Å². The number of hydrogen-bond donors (Lipinski definition) is 5. The molecule has 13 heteroatoms. The number of carbonyl (C=O) groups is 6. The maximum absolute atomic E-state index is 13.5. The number of hydrogen-bond acceptors (Lipinski definition) is 10. The van der Waals surface area contributed by atoms with Crippen LogP contribution in [0.1, 0.15) is 91.9 Å². The number of allylic oxidation sites excluding steroid dienone is 1. The lowest BCUT2D eigenvalue weighted by Gasteiger charge is -2.60. The van der Waals surface area contributed by atoms with Crippen LogP contribution in [-0.2, 0) is 33.5 Å². The molecule has 48 heavy (non-hydrogen) atoms. The average Bonchev–Trinajstić information content (AvgIpc) is 3.29. The number of aliphatic carboxylic acids is 1. The molecule has 2 amide bonds. The van der Waals surface area contributed by atoms with Crippen LogP contribution in [0.3, 0.4) is 0 Å². The number of rotatable bonds is 14. The number of carboxylic acid groups (broad SMARTS) is 1. The van der Waals surface area contributed by atoms with Crippen molar-refractivity contribution in [2.24, 2.45) is 34.5 Å². The van der Waals surface area contributed by atoms with Crippen LogP contribution >= 0.6 is 11.8 Å². The first kappa shape index (κ1) is 38.0. The largest absolute Gasteiger partial charge is 0.480 e. The van der Waals surface area contributed by atoms with E-state index >= 15 is 0 Å². The summed E-state index contributed by atoms with van der Waals surface area (Å²) < 4.78 is 5.23. The molecule has 0 heterocycles. The van der Waals surface area contributed by atoms with Gasteiger partial charge in [0.1, 0.15) is 17.7 Å². The smallest absolute Gasteiger partial charge is 0.326 e. The Bertz CT molecular complexity index is 1330. The second kappa shape index (κ2) is 15.0. The Morgan fingerprint density at radius 2 is 1.77 bits per heavy atom. The van der Waals surface area contributed by atoms with E-state index in [1.807, 2.05) is 13.2 Å². The summed E-state index contributed by atoms with van der Waals surface area (Å²) >= 11 is 1.45. The van der Waals surface area contributed by atoms with E-state index in [1.54, 1.807) is 19.9 Å². The summed E-state index contributed by atoms with van der Waals surface area (Å²) in [5.74, 6) is -3.56. The molecule has 0 unspecified atom stereocenters. The number of aliphatic hydroxyl groups excluding tert-OH is 1. The molecule has 4 aliphatic rings. The number of nitrogens with one attached hydrogen (secondary N) is 2. The molecule has 9 atom stereocenters. The fraction of sp³-hybridized carbons (Fsp3) is 0.771. The Balaban J connectivity index is 1.31. The Morgan fingerprint density at radius 3 is 2.42 bits per heavy atom. The molecule has 268 valence electrons. The number of carboxylic acids is 1. The lowest BCUT2D eigenvalue weighted by atomic mass is 9.45. The summed E-state index contributed by atoms with van der Waals surface area (Å²) in [6.07, 6.45) is 6.04. The molecule has 3 fully saturated rings. The first-order valence-corrected chi connectivity index (χ1v) is 18.5. The number of thioether (sulfide) groups is 1. The summed E-state index contributed by atoms with van der Waals surface area (Å²) in [7, 11) is 0. The van der Waals surface area contributed by atoms with Gasteiger partial charge in [-0.25, -0.2) is 4.79 Å². The standard InChI is InChI=1S/C35H52N2O10S/c1-19(2)30(31(43)36-24(32(44)45)12-15-48-5)37-27(41)8-9-28(42)47-18-26(40)35(46)14-11-23-22-7-6-20-16-21(38)10-13-33(20,3)29(22)25(39)17-34(23,35)4/h16,19,22-25,29-30,39,46H,6-15,17-18H2,1-5H3,(H,36,43)(H,37,41)(H,44,45)/t22-,23+,24+,25+,29+,30-,33+,34+,35+/m1/s1. The molecule has 5 N–H and O–H groups in total. The summed E-state index contributed by atoms with van der Waals surface area (Å²) in [5.41, 5.74) is -1.90. The third-order valence-corrected chi connectivity index (χ3v) is 12.6. The van der Waals surface area contributed by atoms with Crippen LogP contribution in [0.2, 0.25) is 0 Å². The van der Waals surface area contributed by atoms with Gasteiger partial charge in [-0.1, -0.05) is 33.3 Å². The van der Waals surface area contributed by atoms with Crippen molar-refractivity contribution < 1.29 is 48.8 Å². The number of amides is 2. The zero-order valence-electron chi connectivity index (χ0n) is 28.7. The lowest BCUT2D eigenvalue weighted by molar-refractivity contribution is -0.184. The van der Waals surface area contributed by atoms with Gasteiger partial charge in [-0.3, -0.25) is 24.0 Å². The highest BCUT2D eigenvalue weighted by Gasteiger charge is 2.68. The molecule has 0 aliphatic heterocycles. The van der Waals surface area contributed by atoms with E-state index in [-0.39, 0.29) is 67.0 Å². The third kappa shape index (κ3) is 7.38. The van der Waals surface area contributed by atoms with Gasteiger partial charge in [-0.05, 0) is 92.1 Å². The van der Waals surface area contributed by atoms with Crippen LogP contribution in [0, 0.1) is 34.5 Å². The van der Waals surface area contributed by atoms with Crippen molar-refractivity contribution in [1.82, 2.24) is 10.6 Å². The summed E-state index contributed by atoms with van der Waals surface area (Å²) in [6.45, 7) is 6.73. The Labute approximate surface area is 286 Å². The highest BCUT2D eigenvalue weighted by atomic mass is 32.2. The highest BCUT2D eigenvalue weighted by molar-refractivity contribution is 7.98. The molecule has 4 aliphatic carbocycles. The van der Waals surface area contributed by atoms with Gasteiger partial charge in [0.25, 0.3) is 0 Å². The molecule has 0 aromatic rings. The summed E-state index contributed by atoms with van der Waals surface area (Å²) in [6, 6.07) is -2.11. The quantitative estimate of drug-likeness (QED) is 0.168. The van der Waals surface area contributed by atoms with Crippen molar-refractivity contribution in [3.8, 4) is 0 Å². The van der Waals surface area contributed by atoms with Crippen LogP contribution in [0.15, 0.2) is 11.6 Å². The van der Waals surface area contributed by atoms with Gasteiger partial charge in [0.05, 0.1) is 12.5 Å². The van der Waals surface area contributed by atoms with Crippen molar-refractivity contribution in [2.45, 2.75) is 116 Å². The van der Waals surface area contributed by atoms with Gasteiger partial charge >= 0.3 is 11.9 Å². The van der Waals surface area contributed by atoms with E-state index in [0.717, 1.165) is 18.4 Å². The zero-order chi connectivity index (χ0) is 35.6. The molecule has 0 radical (unpaired) electrons. The number of ketones is 2. The number of ether oxygens (including phenoxy) is 1. The normalized spacial score (nSPS) is 33.8. The van der Waals surface area contributed by atoms with Crippen molar-refractivity contribution in [3.05, 3.63) is 11.6 Å². The zero-order valence-corrected chi connectivity index (χ0v) is 29.5. The van der Waals surface area contributed by atoms with Gasteiger partial charge in [0, 0.05) is 18.3 Å². The second-order valence-corrected chi connectivity index (χ2v) is 16.0. The van der Waals surface area contributed by atoms with Gasteiger partial charge in [-0.2, -0.15) is 11.8 Å². The maximum atomic E-state index is 13.5. The fourth-order valence-electron chi connectivity index (χ4n) is 9.24. The first-order valence-electron chi connectivity index (χ1n) is 17.1. The van der Waals surface area contributed by atoms with E-state index in [0.29, 0.717) is 25.0 Å². The van der Waals surface area contributed by atoms with Crippen LogP contribution in [0.4, 0.5) is 0 Å². The minimum atomic E-state index is -1.79. The van der Waals surface area contributed by atoms with Crippen LogP contribution in [-0.4, -0.2) is 93.0 Å². The van der Waals surface area contributed by atoms with Gasteiger partial charge < -0.3 is 30.7 Å². The van der Waals surface area contributed by atoms with E-state index in [1.165, 1.54) is 11.8 Å². The van der Waals surface area contributed by atoms with Crippen molar-refractivity contribution in [3.63, 3.8) is 0 Å². The lowest BCUT2D eigenvalue weighted by Crippen LogP contribution is -2.62. The first-order chi connectivity index (χ1) is 22.5. The topological polar surface area (TPSA) is 196 Å². The van der Waals surface area contributed by atoms with E-state index < -0.39 is 65.3 Å². The van der Waals surface area contributed by atoms with E-state index in [2.05, 4.69) is 17.6 Å². The highest BCUT2D eigenvalue weighted by Crippen LogP contribution is 2.67. The number of carbonyl (C=O) groups excluding carboxylic acids is 5. The number of fused-ring (bicyclic) bond motifs is 5. The number of aliphatic hydroxyl groups is 2. The Kier molecular flexibility index (Phi) is 11.9. The molecule has 0 saturated heterocycles. The van der Waals surface area contributed by atoms with Gasteiger partial charge in [0.15, 0.2) is 12.4 Å².